The Morgan fingerprint density at radius 2 is 1.43 bits per heavy atom. The molecule has 0 spiro atoms. The number of amides is 1. The molecule has 0 unspecified atom stereocenters. The maximum Gasteiger partial charge on any atom is 0.342 e. The molecule has 2 aliphatic rings. The summed E-state index contributed by atoms with van der Waals surface area (Å²) in [5.41, 5.74) is 1.85. The lowest BCUT2D eigenvalue weighted by atomic mass is 9.87. The van der Waals surface area contributed by atoms with E-state index in [9.17, 15) is 26.8 Å². The molecule has 5 aromatic rings. The Morgan fingerprint density at radius 1 is 0.793 bits per heavy atom. The molecule has 302 valence electrons. The molecule has 2 fully saturated rings. The van der Waals surface area contributed by atoms with Crippen molar-refractivity contribution in [2.24, 2.45) is 0 Å². The van der Waals surface area contributed by atoms with E-state index in [4.69, 9.17) is 9.47 Å². The summed E-state index contributed by atoms with van der Waals surface area (Å²) in [7, 11) is -5.28. The van der Waals surface area contributed by atoms with Crippen LogP contribution < -0.4 is 9.64 Å². The molecule has 1 aliphatic carbocycles. The molecule has 0 bridgehead atoms. The van der Waals surface area contributed by atoms with Crippen LogP contribution in [0.5, 0.6) is 5.75 Å². The van der Waals surface area contributed by atoms with Gasteiger partial charge in [-0.25, -0.2) is 30.8 Å². The van der Waals surface area contributed by atoms with Crippen LogP contribution in [0.3, 0.4) is 0 Å². The molecule has 58 heavy (non-hydrogen) atoms. The van der Waals surface area contributed by atoms with E-state index in [1.54, 1.807) is 18.3 Å². The zero-order valence-electron chi connectivity index (χ0n) is 31.5. The first kappa shape index (κ1) is 40.5. The van der Waals surface area contributed by atoms with Crippen LogP contribution in [0.15, 0.2) is 96.2 Å². The molecule has 1 saturated heterocycles. The number of ether oxygens (including phenoxy) is 2. The molecule has 2 heterocycles. The van der Waals surface area contributed by atoms with Crippen LogP contribution in [-0.4, -0.2) is 47.2 Å². The number of anilines is 1. The highest BCUT2D eigenvalue weighted by Crippen LogP contribution is 2.37. The lowest BCUT2D eigenvalue weighted by Gasteiger charge is -2.41. The van der Waals surface area contributed by atoms with Crippen LogP contribution in [0, 0.1) is 30.2 Å². The molecule has 4 aromatic carbocycles. The fraction of sp³-hybridized carbons (Fsp3) is 0.302. The van der Waals surface area contributed by atoms with Gasteiger partial charge in [-0.05, 0) is 49.4 Å². The van der Waals surface area contributed by atoms with Gasteiger partial charge in [-0.1, -0.05) is 79.9 Å². The number of carbonyl (C=O) groups is 2. The van der Waals surface area contributed by atoms with Gasteiger partial charge in [0.2, 0.25) is 15.9 Å². The van der Waals surface area contributed by atoms with Crippen molar-refractivity contribution in [1.29, 1.82) is 0 Å². The molecule has 1 aromatic heterocycles. The average molecular weight is 817 g/mol. The van der Waals surface area contributed by atoms with E-state index in [1.165, 1.54) is 29.3 Å². The molecule has 10 nitrogen and oxygen atoms in total. The standard InChI is InChI=1S/C43H40F4N4O6S/c1-27-37(44)39(46)41(40(47)38(27)45)58(54,55)51-20-19-35(51)42(52)50(24-31-22-49-34(23-48-31)30-15-9-4-10-16-30)32-17-18-33(43(53)57-26-29-13-7-3-8-14-29)36(21-32)56-25-28-11-5-2-6-12-28/h2-3,5-8,11-14,17-18,21-23,30,35H,4,9-10,15-16,19-20,24-26H2,1H3/t35-/m1/s1. The number of esters is 1. The van der Waals surface area contributed by atoms with Gasteiger partial charge < -0.3 is 14.4 Å². The van der Waals surface area contributed by atoms with Crippen molar-refractivity contribution in [1.82, 2.24) is 14.3 Å². The smallest absolute Gasteiger partial charge is 0.342 e. The number of rotatable bonds is 13. The molecule has 0 radical (unpaired) electrons. The third-order valence-electron chi connectivity index (χ3n) is 10.5. The molecule has 15 heteroatoms. The number of nitrogens with zero attached hydrogens (tertiary/aromatic N) is 4. The average Bonchev–Trinajstić information content (AvgIpc) is 3.23. The number of carbonyl (C=O) groups excluding carboxylic acids is 2. The van der Waals surface area contributed by atoms with Gasteiger partial charge in [-0.3, -0.25) is 14.8 Å². The van der Waals surface area contributed by atoms with Gasteiger partial charge in [0.1, 0.15) is 30.6 Å². The van der Waals surface area contributed by atoms with Crippen LogP contribution >= 0.6 is 0 Å². The minimum absolute atomic E-state index is 0.0261. The van der Waals surface area contributed by atoms with Gasteiger partial charge in [-0.2, -0.15) is 4.31 Å². The van der Waals surface area contributed by atoms with Crippen molar-refractivity contribution in [3.8, 4) is 5.75 Å². The summed E-state index contributed by atoms with van der Waals surface area (Å²) >= 11 is 0. The Hall–Kier alpha value is -5.67. The second kappa shape index (κ2) is 17.4. The predicted octanol–water partition coefficient (Wildman–Crippen LogP) is 8.32. The van der Waals surface area contributed by atoms with Crippen LogP contribution in [0.4, 0.5) is 23.2 Å². The third kappa shape index (κ3) is 8.46. The molecule has 1 aliphatic heterocycles. The van der Waals surface area contributed by atoms with Crippen molar-refractivity contribution < 1.29 is 45.0 Å². The van der Waals surface area contributed by atoms with E-state index in [2.05, 4.69) is 9.97 Å². The summed E-state index contributed by atoms with van der Waals surface area (Å²) in [6.07, 6.45) is 8.38. The first-order valence-electron chi connectivity index (χ1n) is 18.9. The van der Waals surface area contributed by atoms with E-state index < -0.39 is 61.7 Å². The van der Waals surface area contributed by atoms with Crippen molar-refractivity contribution in [3.05, 3.63) is 148 Å². The molecule has 1 atom stereocenters. The van der Waals surface area contributed by atoms with Crippen molar-refractivity contribution in [3.63, 3.8) is 0 Å². The molecule has 1 saturated carbocycles. The number of halogens is 4. The second-order valence-electron chi connectivity index (χ2n) is 14.3. The molecule has 7 rings (SSSR count). The Balaban J connectivity index is 1.24. The Kier molecular flexibility index (Phi) is 12.2. The summed E-state index contributed by atoms with van der Waals surface area (Å²) in [5.74, 6) is -9.15. The summed E-state index contributed by atoms with van der Waals surface area (Å²) in [6.45, 7) is 0.170. The highest BCUT2D eigenvalue weighted by Gasteiger charge is 2.48. The maximum absolute atomic E-state index is 15.1. The highest BCUT2D eigenvalue weighted by atomic mass is 32.2. The van der Waals surface area contributed by atoms with E-state index in [1.807, 2.05) is 48.5 Å². The van der Waals surface area contributed by atoms with E-state index >= 15 is 8.78 Å². The summed E-state index contributed by atoms with van der Waals surface area (Å²) in [6, 6.07) is 21.0. The number of aromatic nitrogens is 2. The fourth-order valence-corrected chi connectivity index (χ4v) is 8.90. The topological polar surface area (TPSA) is 119 Å². The molecule has 0 N–H and O–H groups in total. The maximum atomic E-state index is 15.1. The van der Waals surface area contributed by atoms with Gasteiger partial charge in [0, 0.05) is 36.0 Å². The number of hydrogen-bond acceptors (Lipinski definition) is 8. The van der Waals surface area contributed by atoms with Crippen LogP contribution in [0.2, 0.25) is 0 Å². The zero-order valence-corrected chi connectivity index (χ0v) is 32.4. The summed E-state index contributed by atoms with van der Waals surface area (Å²) < 4.78 is 99.0. The lowest BCUT2D eigenvalue weighted by molar-refractivity contribution is -0.125. The van der Waals surface area contributed by atoms with Gasteiger partial charge in [0.05, 0.1) is 24.1 Å². The first-order valence-corrected chi connectivity index (χ1v) is 20.4. The third-order valence-corrected chi connectivity index (χ3v) is 12.5. The Morgan fingerprint density at radius 3 is 2.02 bits per heavy atom. The fourth-order valence-electron chi connectivity index (χ4n) is 7.16. The summed E-state index contributed by atoms with van der Waals surface area (Å²) in [4.78, 5) is 36.7. The number of sulfonamides is 1. The number of hydrogen-bond donors (Lipinski definition) is 0. The van der Waals surface area contributed by atoms with Crippen molar-refractivity contribution >= 4 is 27.6 Å². The van der Waals surface area contributed by atoms with E-state index in [0.717, 1.165) is 55.8 Å². The van der Waals surface area contributed by atoms with Gasteiger partial charge >= 0.3 is 5.97 Å². The Labute approximate surface area is 333 Å². The largest absolute Gasteiger partial charge is 0.488 e. The second-order valence-corrected chi connectivity index (χ2v) is 16.2. The highest BCUT2D eigenvalue weighted by molar-refractivity contribution is 7.89. The van der Waals surface area contributed by atoms with E-state index in [0.29, 0.717) is 10.00 Å². The normalized spacial score (nSPS) is 16.1. The molecular weight excluding hydrogens is 777 g/mol. The summed E-state index contributed by atoms with van der Waals surface area (Å²) in [5, 5.41) is 0. The van der Waals surface area contributed by atoms with Crippen molar-refractivity contribution in [2.75, 3.05) is 11.4 Å². The van der Waals surface area contributed by atoms with Gasteiger partial charge in [0.25, 0.3) is 0 Å². The lowest BCUT2D eigenvalue weighted by Crippen LogP contribution is -2.59. The van der Waals surface area contributed by atoms with Gasteiger partial charge in [0.15, 0.2) is 28.2 Å². The van der Waals surface area contributed by atoms with E-state index in [-0.39, 0.29) is 55.6 Å². The van der Waals surface area contributed by atoms with Crippen LogP contribution in [0.25, 0.3) is 0 Å². The monoisotopic (exact) mass is 816 g/mol. The minimum Gasteiger partial charge on any atom is -0.488 e. The number of benzene rings is 4. The van der Waals surface area contributed by atoms with Gasteiger partial charge in [-0.15, -0.1) is 0 Å². The molecule has 1 amide bonds. The van der Waals surface area contributed by atoms with Crippen LogP contribution in [-0.2, 0) is 39.3 Å². The first-order chi connectivity index (χ1) is 27.9. The Bertz CT molecular complexity index is 2370. The SMILES string of the molecule is Cc1c(F)c(F)c(S(=O)(=O)N2CC[C@@H]2C(=O)N(Cc2cnc(C3CCCCC3)cn2)c2ccc(C(=O)OCc3ccccc3)c(OCc3ccccc3)c2)c(F)c1F. The zero-order chi connectivity index (χ0) is 41.0. The minimum atomic E-state index is -5.28. The predicted molar refractivity (Wildman–Crippen MR) is 205 cm³/mol. The quantitative estimate of drug-likeness (QED) is 0.0662. The van der Waals surface area contributed by atoms with Crippen LogP contribution in [0.1, 0.15) is 82.9 Å². The van der Waals surface area contributed by atoms with Crippen molar-refractivity contribution in [2.45, 2.75) is 82.1 Å². The molecular formula is C43H40F4N4O6S.